The smallest absolute Gasteiger partial charge is 0.195 e. The summed E-state index contributed by atoms with van der Waals surface area (Å²) >= 11 is 0. The maximum Gasteiger partial charge on any atom is 0.195 e. The van der Waals surface area contributed by atoms with Crippen LogP contribution in [0.1, 0.15) is 39.0 Å². The van der Waals surface area contributed by atoms with Crippen LogP contribution in [-0.4, -0.2) is 32.3 Å². The minimum atomic E-state index is 0.521. The SMILES string of the molecule is CCNC(=NCC1(C2CC2)CC1)Nc1ccc2c(c1)OCCCO2. The van der Waals surface area contributed by atoms with Crippen LogP contribution in [0, 0.1) is 11.3 Å². The molecule has 0 spiro atoms. The van der Waals surface area contributed by atoms with Crippen molar-refractivity contribution < 1.29 is 9.47 Å². The molecule has 0 amide bonds. The highest BCUT2D eigenvalue weighted by molar-refractivity contribution is 5.94. The molecule has 2 saturated carbocycles. The second-order valence-electron chi connectivity index (χ2n) is 7.17. The lowest BCUT2D eigenvalue weighted by atomic mass is 10.0. The summed E-state index contributed by atoms with van der Waals surface area (Å²) in [6, 6.07) is 5.99. The van der Waals surface area contributed by atoms with Crippen LogP contribution in [0.5, 0.6) is 11.5 Å². The molecule has 3 aliphatic rings. The summed E-state index contributed by atoms with van der Waals surface area (Å²) in [4.78, 5) is 4.86. The predicted octanol–water partition coefficient (Wildman–Crippen LogP) is 3.42. The van der Waals surface area contributed by atoms with Gasteiger partial charge in [0.1, 0.15) is 0 Å². The van der Waals surface area contributed by atoms with E-state index in [1.165, 1.54) is 25.7 Å². The number of fused-ring (bicyclic) bond motifs is 1. The van der Waals surface area contributed by atoms with Gasteiger partial charge in [-0.1, -0.05) is 0 Å². The van der Waals surface area contributed by atoms with Gasteiger partial charge in [0.2, 0.25) is 0 Å². The number of aliphatic imine (C=N–C) groups is 1. The predicted molar refractivity (Wildman–Crippen MR) is 96.0 cm³/mol. The highest BCUT2D eigenvalue weighted by Gasteiger charge is 2.53. The van der Waals surface area contributed by atoms with Crippen LogP contribution in [0.4, 0.5) is 5.69 Å². The van der Waals surface area contributed by atoms with Crippen LogP contribution >= 0.6 is 0 Å². The van der Waals surface area contributed by atoms with Gasteiger partial charge in [0.25, 0.3) is 0 Å². The maximum atomic E-state index is 5.77. The fraction of sp³-hybridized carbons (Fsp3) is 0.632. The first kappa shape index (κ1) is 15.6. The Hall–Kier alpha value is -1.91. The van der Waals surface area contributed by atoms with Gasteiger partial charge in [0, 0.05) is 31.3 Å². The van der Waals surface area contributed by atoms with Crippen LogP contribution in [0.2, 0.25) is 0 Å². The van der Waals surface area contributed by atoms with Gasteiger partial charge >= 0.3 is 0 Å². The average Bonchev–Trinajstić information content (AvgIpc) is 3.47. The van der Waals surface area contributed by atoms with Crippen molar-refractivity contribution in [3.05, 3.63) is 18.2 Å². The van der Waals surface area contributed by atoms with Crippen LogP contribution in [0.15, 0.2) is 23.2 Å². The van der Waals surface area contributed by atoms with E-state index in [0.29, 0.717) is 18.6 Å². The van der Waals surface area contributed by atoms with E-state index < -0.39 is 0 Å². The third-order valence-corrected chi connectivity index (χ3v) is 5.24. The topological polar surface area (TPSA) is 54.9 Å². The van der Waals surface area contributed by atoms with E-state index in [0.717, 1.165) is 48.6 Å². The molecule has 5 nitrogen and oxygen atoms in total. The van der Waals surface area contributed by atoms with E-state index in [9.17, 15) is 0 Å². The van der Waals surface area contributed by atoms with E-state index in [-0.39, 0.29) is 0 Å². The molecule has 0 unspecified atom stereocenters. The lowest BCUT2D eigenvalue weighted by Gasteiger charge is -2.16. The second kappa shape index (κ2) is 6.54. The van der Waals surface area contributed by atoms with E-state index in [1.54, 1.807) is 0 Å². The van der Waals surface area contributed by atoms with E-state index >= 15 is 0 Å². The van der Waals surface area contributed by atoms with Crippen molar-refractivity contribution in [2.75, 3.05) is 31.6 Å². The molecular weight excluding hydrogens is 302 g/mol. The second-order valence-corrected chi connectivity index (χ2v) is 7.17. The monoisotopic (exact) mass is 329 g/mol. The minimum Gasteiger partial charge on any atom is -0.490 e. The van der Waals surface area contributed by atoms with Crippen molar-refractivity contribution >= 4 is 11.6 Å². The zero-order valence-electron chi connectivity index (χ0n) is 14.4. The molecular formula is C19H27N3O2. The molecule has 1 heterocycles. The van der Waals surface area contributed by atoms with Crippen molar-refractivity contribution in [1.29, 1.82) is 0 Å². The summed E-state index contributed by atoms with van der Waals surface area (Å²) in [5.41, 5.74) is 1.50. The van der Waals surface area contributed by atoms with Gasteiger partial charge in [-0.3, -0.25) is 4.99 Å². The van der Waals surface area contributed by atoms with Crippen LogP contribution in [-0.2, 0) is 0 Å². The molecule has 1 aliphatic heterocycles. The third kappa shape index (κ3) is 3.45. The highest BCUT2D eigenvalue weighted by atomic mass is 16.5. The Morgan fingerprint density at radius 3 is 2.71 bits per heavy atom. The van der Waals surface area contributed by atoms with Gasteiger partial charge in [-0.25, -0.2) is 0 Å². The fourth-order valence-electron chi connectivity index (χ4n) is 3.47. The molecule has 2 fully saturated rings. The van der Waals surface area contributed by atoms with E-state index in [2.05, 4.69) is 17.6 Å². The Kier molecular flexibility index (Phi) is 4.25. The normalized spacial score (nSPS) is 21.8. The number of guanidine groups is 1. The lowest BCUT2D eigenvalue weighted by molar-refractivity contribution is 0.297. The van der Waals surface area contributed by atoms with Crippen LogP contribution in [0.25, 0.3) is 0 Å². The lowest BCUT2D eigenvalue weighted by Crippen LogP contribution is -2.31. The van der Waals surface area contributed by atoms with Crippen molar-refractivity contribution in [2.24, 2.45) is 16.3 Å². The van der Waals surface area contributed by atoms with Gasteiger partial charge < -0.3 is 20.1 Å². The van der Waals surface area contributed by atoms with E-state index in [4.69, 9.17) is 14.5 Å². The van der Waals surface area contributed by atoms with E-state index in [1.807, 2.05) is 18.2 Å². The summed E-state index contributed by atoms with van der Waals surface area (Å²) in [5.74, 6) is 3.43. The molecule has 130 valence electrons. The largest absolute Gasteiger partial charge is 0.490 e. The molecule has 24 heavy (non-hydrogen) atoms. The summed E-state index contributed by atoms with van der Waals surface area (Å²) in [7, 11) is 0. The van der Waals surface area contributed by atoms with Crippen LogP contribution in [0.3, 0.4) is 0 Å². The number of nitrogens with zero attached hydrogens (tertiary/aromatic N) is 1. The molecule has 1 aromatic carbocycles. The van der Waals surface area contributed by atoms with Gasteiger partial charge in [0.05, 0.1) is 13.2 Å². The maximum absolute atomic E-state index is 5.77. The average molecular weight is 329 g/mol. The molecule has 0 atom stereocenters. The molecule has 1 aromatic rings. The molecule has 0 radical (unpaired) electrons. The first-order valence-electron chi connectivity index (χ1n) is 9.24. The van der Waals surface area contributed by atoms with Gasteiger partial charge in [-0.2, -0.15) is 0 Å². The quantitative estimate of drug-likeness (QED) is 0.642. The number of benzene rings is 1. The molecule has 4 rings (SSSR count). The van der Waals surface area contributed by atoms with Gasteiger partial charge in [0.15, 0.2) is 17.5 Å². The van der Waals surface area contributed by atoms with Gasteiger partial charge in [-0.05, 0) is 56.1 Å². The number of rotatable bonds is 5. The van der Waals surface area contributed by atoms with Gasteiger partial charge in [-0.15, -0.1) is 0 Å². The Bertz CT molecular complexity index is 621. The Morgan fingerprint density at radius 1 is 1.21 bits per heavy atom. The Balaban J connectivity index is 1.45. The minimum absolute atomic E-state index is 0.521. The van der Waals surface area contributed by atoms with Crippen LogP contribution < -0.4 is 20.1 Å². The summed E-state index contributed by atoms with van der Waals surface area (Å²) < 4.78 is 11.5. The molecule has 2 aliphatic carbocycles. The fourth-order valence-corrected chi connectivity index (χ4v) is 3.47. The summed E-state index contributed by atoms with van der Waals surface area (Å²) in [6.45, 7) is 5.31. The van der Waals surface area contributed by atoms with Crippen molar-refractivity contribution in [2.45, 2.75) is 39.0 Å². The molecule has 0 bridgehead atoms. The Morgan fingerprint density at radius 2 is 2.00 bits per heavy atom. The molecule has 5 heteroatoms. The zero-order valence-corrected chi connectivity index (χ0v) is 14.4. The first-order valence-corrected chi connectivity index (χ1v) is 9.24. The summed E-state index contributed by atoms with van der Waals surface area (Å²) in [5, 5.41) is 6.76. The zero-order chi connectivity index (χ0) is 16.4. The van der Waals surface area contributed by atoms with Crippen molar-refractivity contribution in [1.82, 2.24) is 5.32 Å². The standard InChI is InChI=1S/C19H27N3O2/c1-2-20-18(21-13-19(8-9-19)14-4-5-14)22-15-6-7-16-17(12-15)24-11-3-10-23-16/h6-7,12,14H,2-5,8-11,13H2,1H3,(H2,20,21,22). The Labute approximate surface area is 143 Å². The third-order valence-electron chi connectivity index (χ3n) is 5.24. The van der Waals surface area contributed by atoms with Crippen molar-refractivity contribution in [3.63, 3.8) is 0 Å². The number of anilines is 1. The number of hydrogen-bond acceptors (Lipinski definition) is 3. The van der Waals surface area contributed by atoms with Crippen molar-refractivity contribution in [3.8, 4) is 11.5 Å². The molecule has 0 saturated heterocycles. The summed E-state index contributed by atoms with van der Waals surface area (Å²) in [6.07, 6.45) is 6.43. The number of nitrogens with one attached hydrogen (secondary N) is 2. The highest BCUT2D eigenvalue weighted by Crippen LogP contribution is 2.61. The molecule has 0 aromatic heterocycles. The first-order chi connectivity index (χ1) is 11.8. The number of hydrogen-bond donors (Lipinski definition) is 2. The number of ether oxygens (including phenoxy) is 2. The molecule has 2 N–H and O–H groups in total.